The lowest BCUT2D eigenvalue weighted by molar-refractivity contribution is 0.00171. The highest BCUT2D eigenvalue weighted by Crippen LogP contribution is 2.12. The molecule has 1 rings (SSSR count). The van der Waals surface area contributed by atoms with Gasteiger partial charge in [0.05, 0.1) is 32.5 Å². The molecule has 0 spiro atoms. The molecule has 0 aliphatic heterocycles. The Labute approximate surface area is 114 Å². The quantitative estimate of drug-likeness (QED) is 0.670. The molecule has 2 N–H and O–H groups in total. The normalized spacial score (nSPS) is 13.8. The summed E-state index contributed by atoms with van der Waals surface area (Å²) in [5, 5.41) is 19.2. The Morgan fingerprint density at radius 2 is 1.89 bits per heavy atom. The lowest BCUT2D eigenvalue weighted by Crippen LogP contribution is -2.22. The summed E-state index contributed by atoms with van der Waals surface area (Å²) >= 11 is 0. The van der Waals surface area contributed by atoms with Crippen molar-refractivity contribution < 1.29 is 19.7 Å². The summed E-state index contributed by atoms with van der Waals surface area (Å²) in [4.78, 5) is 0. The summed E-state index contributed by atoms with van der Waals surface area (Å²) in [6, 6.07) is 7.56. The van der Waals surface area contributed by atoms with Gasteiger partial charge in [0.15, 0.2) is 0 Å². The molecule has 1 aromatic carbocycles. The van der Waals surface area contributed by atoms with E-state index in [0.717, 1.165) is 11.3 Å². The van der Waals surface area contributed by atoms with Crippen molar-refractivity contribution in [3.05, 3.63) is 42.5 Å². The third-order valence-electron chi connectivity index (χ3n) is 2.72. The van der Waals surface area contributed by atoms with E-state index in [1.54, 1.807) is 13.2 Å². The molecular formula is C15H22O4. The number of rotatable bonds is 9. The van der Waals surface area contributed by atoms with Gasteiger partial charge >= 0.3 is 0 Å². The summed E-state index contributed by atoms with van der Waals surface area (Å²) in [5.41, 5.74) is 1.01. The number of aliphatic hydroxyl groups excluding tert-OH is 2. The van der Waals surface area contributed by atoms with Gasteiger partial charge in [-0.1, -0.05) is 18.2 Å². The van der Waals surface area contributed by atoms with Crippen molar-refractivity contribution in [3.63, 3.8) is 0 Å². The minimum Gasteiger partial charge on any atom is -0.497 e. The Morgan fingerprint density at radius 3 is 2.47 bits per heavy atom. The summed E-state index contributed by atoms with van der Waals surface area (Å²) < 4.78 is 10.5. The molecule has 0 radical (unpaired) electrons. The molecule has 1 aromatic rings. The van der Waals surface area contributed by atoms with Crippen LogP contribution in [0.3, 0.4) is 0 Å². The number of aliphatic hydroxyl groups is 2. The zero-order valence-corrected chi connectivity index (χ0v) is 11.3. The topological polar surface area (TPSA) is 58.9 Å². The number of hydrogen-bond donors (Lipinski definition) is 2. The van der Waals surface area contributed by atoms with E-state index in [9.17, 15) is 10.2 Å². The first-order valence-corrected chi connectivity index (χ1v) is 6.33. The van der Waals surface area contributed by atoms with Gasteiger partial charge in [0.1, 0.15) is 5.75 Å². The smallest absolute Gasteiger partial charge is 0.118 e. The third kappa shape index (κ3) is 6.38. The first kappa shape index (κ1) is 15.7. The molecule has 2 atom stereocenters. The predicted molar refractivity (Wildman–Crippen MR) is 74.1 cm³/mol. The maximum absolute atomic E-state index is 9.67. The highest BCUT2D eigenvalue weighted by molar-refractivity contribution is 5.26. The van der Waals surface area contributed by atoms with Crippen LogP contribution in [0.4, 0.5) is 0 Å². The molecule has 4 nitrogen and oxygen atoms in total. The average molecular weight is 266 g/mol. The van der Waals surface area contributed by atoms with Gasteiger partial charge in [0.25, 0.3) is 0 Å². The second kappa shape index (κ2) is 8.69. The van der Waals surface area contributed by atoms with Crippen molar-refractivity contribution >= 4 is 0 Å². The largest absolute Gasteiger partial charge is 0.497 e. The van der Waals surface area contributed by atoms with E-state index < -0.39 is 12.2 Å². The number of ether oxygens (including phenoxy) is 2. The van der Waals surface area contributed by atoms with Crippen LogP contribution in [0.25, 0.3) is 0 Å². The fourth-order valence-electron chi connectivity index (χ4n) is 1.71. The SMILES string of the molecule is C=CC[C@H](O)C[C@@H](O)COCc1ccc(OC)cc1. The zero-order chi connectivity index (χ0) is 14.1. The molecule has 19 heavy (non-hydrogen) atoms. The van der Waals surface area contributed by atoms with Crippen molar-refractivity contribution in [2.75, 3.05) is 13.7 Å². The maximum Gasteiger partial charge on any atom is 0.118 e. The van der Waals surface area contributed by atoms with Crippen LogP contribution in [-0.2, 0) is 11.3 Å². The van der Waals surface area contributed by atoms with Crippen molar-refractivity contribution in [1.29, 1.82) is 0 Å². The van der Waals surface area contributed by atoms with Crippen LogP contribution in [0.15, 0.2) is 36.9 Å². The third-order valence-corrected chi connectivity index (χ3v) is 2.72. The lowest BCUT2D eigenvalue weighted by atomic mass is 10.1. The van der Waals surface area contributed by atoms with Crippen LogP contribution < -0.4 is 4.74 Å². The second-order valence-electron chi connectivity index (χ2n) is 4.43. The summed E-state index contributed by atoms with van der Waals surface area (Å²) in [6.07, 6.45) is 1.20. The highest BCUT2D eigenvalue weighted by Gasteiger charge is 2.10. The van der Waals surface area contributed by atoms with Gasteiger partial charge in [0, 0.05) is 6.42 Å². The molecule has 0 fully saturated rings. The number of methoxy groups -OCH3 is 1. The molecule has 0 bridgehead atoms. The molecule has 0 amide bonds. The first-order chi connectivity index (χ1) is 9.15. The van der Waals surface area contributed by atoms with Crippen molar-refractivity contribution in [1.82, 2.24) is 0 Å². The van der Waals surface area contributed by atoms with Gasteiger partial charge in [0.2, 0.25) is 0 Å². The van der Waals surface area contributed by atoms with E-state index in [-0.39, 0.29) is 6.61 Å². The van der Waals surface area contributed by atoms with Gasteiger partial charge in [-0.25, -0.2) is 0 Å². The first-order valence-electron chi connectivity index (χ1n) is 6.33. The van der Waals surface area contributed by atoms with Gasteiger partial charge in [-0.3, -0.25) is 0 Å². The van der Waals surface area contributed by atoms with Crippen LogP contribution in [0, 0.1) is 0 Å². The van der Waals surface area contributed by atoms with Crippen LogP contribution in [0.2, 0.25) is 0 Å². The average Bonchev–Trinajstić information content (AvgIpc) is 2.39. The monoisotopic (exact) mass is 266 g/mol. The minimum atomic E-state index is -0.659. The van der Waals surface area contributed by atoms with Gasteiger partial charge in [-0.15, -0.1) is 6.58 Å². The van der Waals surface area contributed by atoms with Crippen molar-refractivity contribution in [3.8, 4) is 5.75 Å². The van der Waals surface area contributed by atoms with Crippen LogP contribution in [-0.4, -0.2) is 36.1 Å². The summed E-state index contributed by atoms with van der Waals surface area (Å²) in [5.74, 6) is 0.802. The maximum atomic E-state index is 9.67. The Hall–Kier alpha value is -1.36. The van der Waals surface area contributed by atoms with E-state index in [4.69, 9.17) is 9.47 Å². The fourth-order valence-corrected chi connectivity index (χ4v) is 1.71. The molecule has 0 saturated carbocycles. The van der Waals surface area contributed by atoms with Crippen LogP contribution in [0.5, 0.6) is 5.75 Å². The molecule has 106 valence electrons. The van der Waals surface area contributed by atoms with Crippen LogP contribution >= 0.6 is 0 Å². The van der Waals surface area contributed by atoms with Crippen LogP contribution in [0.1, 0.15) is 18.4 Å². The molecule has 0 aliphatic carbocycles. The summed E-state index contributed by atoms with van der Waals surface area (Å²) in [7, 11) is 1.62. The molecule has 0 heterocycles. The molecule has 0 saturated heterocycles. The Morgan fingerprint density at radius 1 is 1.21 bits per heavy atom. The van der Waals surface area contributed by atoms with E-state index in [0.29, 0.717) is 19.4 Å². The van der Waals surface area contributed by atoms with E-state index in [1.807, 2.05) is 24.3 Å². The fraction of sp³-hybridized carbons (Fsp3) is 0.467. The second-order valence-corrected chi connectivity index (χ2v) is 4.43. The Balaban J connectivity index is 2.23. The van der Waals surface area contributed by atoms with Crippen molar-refractivity contribution in [2.24, 2.45) is 0 Å². The van der Waals surface area contributed by atoms with Gasteiger partial charge < -0.3 is 19.7 Å². The predicted octanol–water partition coefficient (Wildman–Crippen LogP) is 1.90. The standard InChI is InChI=1S/C15H22O4/c1-3-4-13(16)9-14(17)11-19-10-12-5-7-15(18-2)8-6-12/h3,5-8,13-14,16-17H,1,4,9-11H2,2H3/t13-,14+/m0/s1. The zero-order valence-electron chi connectivity index (χ0n) is 11.3. The van der Waals surface area contributed by atoms with E-state index in [1.165, 1.54) is 0 Å². The Bertz CT molecular complexity index is 361. The summed E-state index contributed by atoms with van der Waals surface area (Å²) in [6.45, 7) is 4.18. The number of hydrogen-bond acceptors (Lipinski definition) is 4. The molecule has 0 unspecified atom stereocenters. The van der Waals surface area contributed by atoms with Crippen molar-refractivity contribution in [2.45, 2.75) is 31.7 Å². The molecular weight excluding hydrogens is 244 g/mol. The minimum absolute atomic E-state index is 0.209. The number of benzene rings is 1. The van der Waals surface area contributed by atoms with E-state index in [2.05, 4.69) is 6.58 Å². The van der Waals surface area contributed by atoms with Gasteiger partial charge in [-0.05, 0) is 24.1 Å². The lowest BCUT2D eigenvalue weighted by Gasteiger charge is -2.14. The molecule has 0 aliphatic rings. The Kier molecular flexibility index (Phi) is 7.18. The van der Waals surface area contributed by atoms with E-state index >= 15 is 0 Å². The van der Waals surface area contributed by atoms with Gasteiger partial charge in [-0.2, -0.15) is 0 Å². The molecule has 0 aromatic heterocycles. The highest BCUT2D eigenvalue weighted by atomic mass is 16.5. The molecule has 4 heteroatoms.